The van der Waals surface area contributed by atoms with E-state index in [4.69, 9.17) is 0 Å². The van der Waals surface area contributed by atoms with Crippen molar-refractivity contribution in [1.29, 1.82) is 0 Å². The van der Waals surface area contributed by atoms with E-state index in [2.05, 4.69) is 32.9 Å². The molecule has 0 radical (unpaired) electrons. The Kier molecular flexibility index (Phi) is 5.54. The minimum atomic E-state index is -0.283. The zero-order chi connectivity index (χ0) is 12.0. The summed E-state index contributed by atoms with van der Waals surface area (Å²) in [6.45, 7) is 6.60. The highest BCUT2D eigenvalue weighted by Crippen LogP contribution is 2.24. The van der Waals surface area contributed by atoms with E-state index in [0.717, 1.165) is 30.7 Å². The molecule has 1 aromatic carbocycles. The molecular formula is C15H24O. The van der Waals surface area contributed by atoms with E-state index in [-0.39, 0.29) is 6.10 Å². The maximum atomic E-state index is 10.1. The molecule has 0 fully saturated rings. The lowest BCUT2D eigenvalue weighted by molar-refractivity contribution is 0.161. The topological polar surface area (TPSA) is 20.2 Å². The van der Waals surface area contributed by atoms with E-state index < -0.39 is 0 Å². The predicted octanol–water partition coefficient (Wildman–Crippen LogP) is 4.11. The summed E-state index contributed by atoms with van der Waals surface area (Å²) in [5.41, 5.74) is 2.40. The minimum absolute atomic E-state index is 0.283. The van der Waals surface area contributed by atoms with Gasteiger partial charge in [-0.05, 0) is 29.9 Å². The molecule has 1 unspecified atom stereocenters. The molecular weight excluding hydrogens is 196 g/mol. The SMILES string of the molecule is CCc1ccccc1C(O)CCCC(C)C. The van der Waals surface area contributed by atoms with Crippen LogP contribution in [0, 0.1) is 5.92 Å². The molecule has 1 rings (SSSR count). The Morgan fingerprint density at radius 1 is 1.12 bits per heavy atom. The largest absolute Gasteiger partial charge is 0.388 e. The molecule has 0 spiro atoms. The van der Waals surface area contributed by atoms with Gasteiger partial charge >= 0.3 is 0 Å². The van der Waals surface area contributed by atoms with Gasteiger partial charge in [0.25, 0.3) is 0 Å². The van der Waals surface area contributed by atoms with Crippen molar-refractivity contribution in [2.45, 2.75) is 52.6 Å². The Bertz CT molecular complexity index is 304. The average Bonchev–Trinajstić information content (AvgIpc) is 2.28. The van der Waals surface area contributed by atoms with E-state index in [1.807, 2.05) is 12.1 Å². The Labute approximate surface area is 99.5 Å². The van der Waals surface area contributed by atoms with Crippen LogP contribution in [0.15, 0.2) is 24.3 Å². The summed E-state index contributed by atoms with van der Waals surface area (Å²) in [7, 11) is 0. The number of aryl methyl sites for hydroxylation is 1. The van der Waals surface area contributed by atoms with Crippen molar-refractivity contribution in [1.82, 2.24) is 0 Å². The normalized spacial score (nSPS) is 13.1. The lowest BCUT2D eigenvalue weighted by Crippen LogP contribution is -2.02. The number of rotatable bonds is 6. The summed E-state index contributed by atoms with van der Waals surface area (Å²) < 4.78 is 0. The molecule has 16 heavy (non-hydrogen) atoms. The van der Waals surface area contributed by atoms with Gasteiger partial charge in [-0.25, -0.2) is 0 Å². The van der Waals surface area contributed by atoms with Crippen molar-refractivity contribution in [3.8, 4) is 0 Å². The first kappa shape index (κ1) is 13.2. The second-order valence-electron chi connectivity index (χ2n) is 4.89. The second kappa shape index (κ2) is 6.70. The number of hydrogen-bond donors (Lipinski definition) is 1. The maximum absolute atomic E-state index is 10.1. The molecule has 0 amide bonds. The Balaban J connectivity index is 2.55. The van der Waals surface area contributed by atoms with Gasteiger partial charge in [-0.15, -0.1) is 0 Å². The Hall–Kier alpha value is -0.820. The fourth-order valence-corrected chi connectivity index (χ4v) is 2.06. The van der Waals surface area contributed by atoms with E-state index in [9.17, 15) is 5.11 Å². The lowest BCUT2D eigenvalue weighted by Gasteiger charge is -2.15. The fourth-order valence-electron chi connectivity index (χ4n) is 2.06. The smallest absolute Gasteiger partial charge is 0.0792 e. The highest BCUT2D eigenvalue weighted by Gasteiger charge is 2.10. The zero-order valence-electron chi connectivity index (χ0n) is 10.7. The fraction of sp³-hybridized carbons (Fsp3) is 0.600. The second-order valence-corrected chi connectivity index (χ2v) is 4.89. The molecule has 0 aliphatic heterocycles. The molecule has 1 nitrogen and oxygen atoms in total. The average molecular weight is 220 g/mol. The monoisotopic (exact) mass is 220 g/mol. The standard InChI is InChI=1S/C15H24O/c1-4-13-9-5-6-10-14(13)15(16)11-7-8-12(2)3/h5-6,9-10,12,15-16H,4,7-8,11H2,1-3H3. The van der Waals surface area contributed by atoms with Crippen LogP contribution in [0.1, 0.15) is 57.3 Å². The van der Waals surface area contributed by atoms with Gasteiger partial charge in [0.15, 0.2) is 0 Å². The molecule has 1 N–H and O–H groups in total. The molecule has 90 valence electrons. The lowest BCUT2D eigenvalue weighted by atomic mass is 9.96. The Morgan fingerprint density at radius 2 is 1.81 bits per heavy atom. The van der Waals surface area contributed by atoms with Crippen LogP contribution in [0.4, 0.5) is 0 Å². The third-order valence-electron chi connectivity index (χ3n) is 3.05. The van der Waals surface area contributed by atoms with Gasteiger partial charge in [-0.3, -0.25) is 0 Å². The van der Waals surface area contributed by atoms with Crippen molar-refractivity contribution in [2.75, 3.05) is 0 Å². The van der Waals surface area contributed by atoms with Crippen molar-refractivity contribution < 1.29 is 5.11 Å². The summed E-state index contributed by atoms with van der Waals surface area (Å²) in [5.74, 6) is 0.730. The quantitative estimate of drug-likeness (QED) is 0.765. The molecule has 0 bridgehead atoms. The maximum Gasteiger partial charge on any atom is 0.0792 e. The van der Waals surface area contributed by atoms with Crippen LogP contribution < -0.4 is 0 Å². The van der Waals surface area contributed by atoms with Crippen LogP contribution in [-0.2, 0) is 6.42 Å². The van der Waals surface area contributed by atoms with Gasteiger partial charge in [0.05, 0.1) is 6.10 Å². The van der Waals surface area contributed by atoms with Gasteiger partial charge in [0.1, 0.15) is 0 Å². The molecule has 0 saturated heterocycles. The predicted molar refractivity (Wildman–Crippen MR) is 69.5 cm³/mol. The van der Waals surface area contributed by atoms with Gasteiger partial charge in [0.2, 0.25) is 0 Å². The van der Waals surface area contributed by atoms with Crippen LogP contribution >= 0.6 is 0 Å². The van der Waals surface area contributed by atoms with Crippen molar-refractivity contribution in [3.63, 3.8) is 0 Å². The summed E-state index contributed by atoms with van der Waals surface area (Å²) in [6, 6.07) is 8.23. The molecule has 0 aromatic heterocycles. The zero-order valence-corrected chi connectivity index (χ0v) is 10.7. The van der Waals surface area contributed by atoms with Gasteiger partial charge in [0, 0.05) is 0 Å². The highest BCUT2D eigenvalue weighted by molar-refractivity contribution is 5.28. The number of aliphatic hydroxyl groups is 1. The van der Waals surface area contributed by atoms with Gasteiger partial charge in [-0.1, -0.05) is 57.9 Å². The molecule has 0 saturated carbocycles. The molecule has 1 aromatic rings. The molecule has 1 atom stereocenters. The van der Waals surface area contributed by atoms with Gasteiger partial charge in [-0.2, -0.15) is 0 Å². The molecule has 0 heterocycles. The summed E-state index contributed by atoms with van der Waals surface area (Å²) in [6.07, 6.45) is 3.91. The first-order valence-electron chi connectivity index (χ1n) is 6.41. The van der Waals surface area contributed by atoms with Gasteiger partial charge < -0.3 is 5.11 Å². The van der Waals surface area contributed by atoms with Crippen LogP contribution in [-0.4, -0.2) is 5.11 Å². The summed E-state index contributed by atoms with van der Waals surface area (Å²) in [4.78, 5) is 0. The highest BCUT2D eigenvalue weighted by atomic mass is 16.3. The Morgan fingerprint density at radius 3 is 2.44 bits per heavy atom. The first-order valence-corrected chi connectivity index (χ1v) is 6.41. The number of benzene rings is 1. The van der Waals surface area contributed by atoms with E-state index in [1.165, 1.54) is 12.0 Å². The third kappa shape index (κ3) is 3.97. The van der Waals surface area contributed by atoms with Crippen LogP contribution in [0.5, 0.6) is 0 Å². The molecule has 0 aliphatic carbocycles. The van der Waals surface area contributed by atoms with Crippen molar-refractivity contribution in [2.24, 2.45) is 5.92 Å². The van der Waals surface area contributed by atoms with Crippen LogP contribution in [0.25, 0.3) is 0 Å². The number of aliphatic hydroxyl groups excluding tert-OH is 1. The molecule has 1 heteroatoms. The van der Waals surface area contributed by atoms with E-state index in [0.29, 0.717) is 0 Å². The van der Waals surface area contributed by atoms with E-state index >= 15 is 0 Å². The third-order valence-corrected chi connectivity index (χ3v) is 3.05. The van der Waals surface area contributed by atoms with Crippen molar-refractivity contribution >= 4 is 0 Å². The first-order chi connectivity index (χ1) is 7.65. The van der Waals surface area contributed by atoms with Crippen molar-refractivity contribution in [3.05, 3.63) is 35.4 Å². The van der Waals surface area contributed by atoms with E-state index in [1.54, 1.807) is 0 Å². The molecule has 0 aliphatic rings. The summed E-state index contributed by atoms with van der Waals surface area (Å²) >= 11 is 0. The van der Waals surface area contributed by atoms with Crippen LogP contribution in [0.3, 0.4) is 0 Å². The number of hydrogen-bond acceptors (Lipinski definition) is 1. The van der Waals surface area contributed by atoms with Crippen LogP contribution in [0.2, 0.25) is 0 Å². The minimum Gasteiger partial charge on any atom is -0.388 e. The summed E-state index contributed by atoms with van der Waals surface area (Å²) in [5, 5.41) is 10.1.